The molecule has 0 atom stereocenters. The first kappa shape index (κ1) is 22.4. The average molecular weight is 455 g/mol. The molecule has 0 saturated carbocycles. The van der Waals surface area contributed by atoms with E-state index in [-0.39, 0.29) is 12.6 Å². The van der Waals surface area contributed by atoms with Crippen molar-refractivity contribution in [2.75, 3.05) is 26.2 Å². The van der Waals surface area contributed by atoms with Crippen LogP contribution in [0.2, 0.25) is 0 Å². The molecule has 4 rings (SSSR count). The number of hydrogen-bond donors (Lipinski definition) is 1. The Hall–Kier alpha value is -2.84. The summed E-state index contributed by atoms with van der Waals surface area (Å²) < 4.78 is 30.1. The highest BCUT2D eigenvalue weighted by Crippen LogP contribution is 2.24. The van der Waals surface area contributed by atoms with E-state index in [9.17, 15) is 13.2 Å². The van der Waals surface area contributed by atoms with E-state index >= 15 is 0 Å². The van der Waals surface area contributed by atoms with Gasteiger partial charge >= 0.3 is 6.03 Å². The van der Waals surface area contributed by atoms with Gasteiger partial charge in [-0.05, 0) is 50.1 Å². The largest absolute Gasteiger partial charge is 0.348 e. The molecule has 1 aliphatic rings. The lowest BCUT2D eigenvalue weighted by Gasteiger charge is -2.22. The van der Waals surface area contributed by atoms with Crippen LogP contribution in [0, 0.1) is 6.92 Å². The maximum Gasteiger partial charge on any atom is 0.317 e. The van der Waals surface area contributed by atoms with E-state index in [4.69, 9.17) is 0 Å². The molecule has 0 bridgehead atoms. The number of rotatable bonds is 5. The molecule has 0 unspecified atom stereocenters. The van der Waals surface area contributed by atoms with Gasteiger partial charge in [0.15, 0.2) is 0 Å². The summed E-state index contributed by atoms with van der Waals surface area (Å²) in [6.45, 7) is 6.96. The molecule has 1 fully saturated rings. The molecule has 3 aromatic rings. The van der Waals surface area contributed by atoms with Gasteiger partial charge in [0.1, 0.15) is 0 Å². The molecule has 32 heavy (non-hydrogen) atoms. The number of nitrogens with zero attached hydrogens (tertiary/aromatic N) is 3. The lowest BCUT2D eigenvalue weighted by molar-refractivity contribution is 0.200. The number of benzene rings is 2. The molecule has 170 valence electrons. The predicted molar refractivity (Wildman–Crippen MR) is 126 cm³/mol. The fourth-order valence-corrected chi connectivity index (χ4v) is 5.60. The van der Waals surface area contributed by atoms with E-state index in [0.717, 1.165) is 23.0 Å². The number of carbonyl (C=O) groups excluding carboxylic acids is 1. The van der Waals surface area contributed by atoms with Crippen molar-refractivity contribution in [1.29, 1.82) is 0 Å². The van der Waals surface area contributed by atoms with Crippen LogP contribution in [-0.2, 0) is 23.1 Å². The van der Waals surface area contributed by atoms with Crippen LogP contribution in [0.15, 0.2) is 59.6 Å². The summed E-state index contributed by atoms with van der Waals surface area (Å²) in [7, 11) is -3.62. The molecular weight excluding hydrogens is 424 g/mol. The summed E-state index contributed by atoms with van der Waals surface area (Å²) in [6.07, 6.45) is 2.58. The normalized spacial score (nSPS) is 15.6. The minimum absolute atomic E-state index is 0.160. The van der Waals surface area contributed by atoms with Crippen LogP contribution in [0.1, 0.15) is 24.5 Å². The zero-order chi connectivity index (χ0) is 22.7. The van der Waals surface area contributed by atoms with Crippen molar-refractivity contribution in [2.24, 2.45) is 0 Å². The molecule has 1 saturated heterocycles. The standard InChI is InChI=1S/C24H30N4O3S/c1-3-26-14-11-21-17-22(9-10-23(21)26)32(30,31)28-13-4-12-27(15-16-28)24(29)25-18-20-7-5-19(2)6-8-20/h5-11,14,17H,3-4,12-13,15-16,18H2,1-2H3,(H,25,29). The zero-order valence-electron chi connectivity index (χ0n) is 18.6. The molecule has 2 heterocycles. The maximum absolute atomic E-state index is 13.3. The van der Waals surface area contributed by atoms with Crippen LogP contribution >= 0.6 is 0 Å². The highest BCUT2D eigenvalue weighted by atomic mass is 32.2. The summed E-state index contributed by atoms with van der Waals surface area (Å²) in [6, 6.07) is 15.1. The van der Waals surface area contributed by atoms with Gasteiger partial charge in [-0.1, -0.05) is 29.8 Å². The minimum Gasteiger partial charge on any atom is -0.348 e. The fourth-order valence-electron chi connectivity index (χ4n) is 4.10. The number of aromatic nitrogens is 1. The second-order valence-electron chi connectivity index (χ2n) is 8.21. The number of sulfonamides is 1. The number of aryl methyl sites for hydroxylation is 2. The lowest BCUT2D eigenvalue weighted by atomic mass is 10.1. The Bertz CT molecular complexity index is 1200. The van der Waals surface area contributed by atoms with Crippen LogP contribution in [0.3, 0.4) is 0 Å². The molecule has 0 spiro atoms. The zero-order valence-corrected chi connectivity index (χ0v) is 19.4. The Balaban J connectivity index is 1.40. The molecule has 1 aliphatic heterocycles. The van der Waals surface area contributed by atoms with Crippen molar-refractivity contribution in [3.8, 4) is 0 Å². The minimum atomic E-state index is -3.62. The maximum atomic E-state index is 13.3. The first-order valence-corrected chi connectivity index (χ1v) is 12.5. The summed E-state index contributed by atoms with van der Waals surface area (Å²) in [4.78, 5) is 14.6. The Morgan fingerprint density at radius 3 is 2.53 bits per heavy atom. The first-order chi connectivity index (χ1) is 15.4. The van der Waals surface area contributed by atoms with Crippen molar-refractivity contribution in [3.05, 3.63) is 65.9 Å². The van der Waals surface area contributed by atoms with Gasteiger partial charge in [-0.2, -0.15) is 4.31 Å². The second kappa shape index (κ2) is 9.34. The Labute approximate surface area is 189 Å². The van der Waals surface area contributed by atoms with Gasteiger partial charge in [0.2, 0.25) is 10.0 Å². The highest BCUT2D eigenvalue weighted by molar-refractivity contribution is 7.89. The molecule has 2 aromatic carbocycles. The average Bonchev–Trinajstić information content (AvgIpc) is 3.03. The number of fused-ring (bicyclic) bond motifs is 1. The van der Waals surface area contributed by atoms with Crippen LogP contribution < -0.4 is 5.32 Å². The molecule has 2 amide bonds. The number of urea groups is 1. The van der Waals surface area contributed by atoms with E-state index < -0.39 is 10.0 Å². The van der Waals surface area contributed by atoms with Crippen LogP contribution in [-0.4, -0.2) is 54.4 Å². The summed E-state index contributed by atoms with van der Waals surface area (Å²) >= 11 is 0. The monoisotopic (exact) mass is 454 g/mol. The molecule has 1 N–H and O–H groups in total. The van der Waals surface area contributed by atoms with E-state index in [1.165, 1.54) is 9.87 Å². The van der Waals surface area contributed by atoms with Gasteiger partial charge in [0, 0.05) is 56.4 Å². The molecule has 0 radical (unpaired) electrons. The highest BCUT2D eigenvalue weighted by Gasteiger charge is 2.28. The van der Waals surface area contributed by atoms with Gasteiger partial charge in [-0.3, -0.25) is 0 Å². The Morgan fingerprint density at radius 2 is 1.78 bits per heavy atom. The smallest absolute Gasteiger partial charge is 0.317 e. The van der Waals surface area contributed by atoms with Gasteiger partial charge in [0.25, 0.3) is 0 Å². The van der Waals surface area contributed by atoms with Crippen molar-refractivity contribution in [1.82, 2.24) is 19.1 Å². The quantitative estimate of drug-likeness (QED) is 0.640. The van der Waals surface area contributed by atoms with Crippen molar-refractivity contribution in [2.45, 2.75) is 38.3 Å². The van der Waals surface area contributed by atoms with Crippen LogP contribution in [0.4, 0.5) is 4.79 Å². The third kappa shape index (κ3) is 4.66. The SMILES string of the molecule is CCn1ccc2cc(S(=O)(=O)N3CCCN(C(=O)NCc4ccc(C)cc4)CC3)ccc21. The van der Waals surface area contributed by atoms with E-state index in [1.54, 1.807) is 17.0 Å². The second-order valence-corrected chi connectivity index (χ2v) is 10.1. The molecule has 0 aliphatic carbocycles. The van der Waals surface area contributed by atoms with Gasteiger partial charge in [0.05, 0.1) is 4.90 Å². The van der Waals surface area contributed by atoms with Gasteiger partial charge in [-0.25, -0.2) is 13.2 Å². The number of carbonyl (C=O) groups is 1. The summed E-state index contributed by atoms with van der Waals surface area (Å²) in [5.41, 5.74) is 3.24. The number of amides is 2. The first-order valence-electron chi connectivity index (χ1n) is 11.1. The van der Waals surface area contributed by atoms with Crippen LogP contribution in [0.25, 0.3) is 10.9 Å². The Morgan fingerprint density at radius 1 is 1.00 bits per heavy atom. The molecular formula is C24H30N4O3S. The van der Waals surface area contributed by atoms with E-state index in [2.05, 4.69) is 16.8 Å². The third-order valence-corrected chi connectivity index (χ3v) is 7.92. The van der Waals surface area contributed by atoms with Gasteiger partial charge < -0.3 is 14.8 Å². The van der Waals surface area contributed by atoms with Crippen LogP contribution in [0.5, 0.6) is 0 Å². The molecule has 7 nitrogen and oxygen atoms in total. The number of nitrogens with one attached hydrogen (secondary N) is 1. The third-order valence-electron chi connectivity index (χ3n) is 6.03. The molecule has 8 heteroatoms. The lowest BCUT2D eigenvalue weighted by Crippen LogP contribution is -2.42. The van der Waals surface area contributed by atoms with Gasteiger partial charge in [-0.15, -0.1) is 0 Å². The predicted octanol–water partition coefficient (Wildman–Crippen LogP) is 3.58. The van der Waals surface area contributed by atoms with Crippen molar-refractivity contribution < 1.29 is 13.2 Å². The van der Waals surface area contributed by atoms with Crippen molar-refractivity contribution >= 4 is 27.0 Å². The van der Waals surface area contributed by atoms with E-state index in [1.807, 2.05) is 49.5 Å². The summed E-state index contributed by atoms with van der Waals surface area (Å²) in [5, 5.41) is 3.86. The summed E-state index contributed by atoms with van der Waals surface area (Å²) in [5.74, 6) is 0. The van der Waals surface area contributed by atoms with Crippen molar-refractivity contribution in [3.63, 3.8) is 0 Å². The fraction of sp³-hybridized carbons (Fsp3) is 0.375. The van der Waals surface area contributed by atoms with E-state index in [0.29, 0.717) is 37.5 Å². The topological polar surface area (TPSA) is 74.7 Å². The Kier molecular flexibility index (Phi) is 6.53. The number of hydrogen-bond acceptors (Lipinski definition) is 3. The molecule has 1 aromatic heterocycles.